The van der Waals surface area contributed by atoms with Crippen LogP contribution in [0.4, 0.5) is 0 Å². The molecule has 6 nitrogen and oxygen atoms in total. The van der Waals surface area contributed by atoms with E-state index in [1.807, 2.05) is 30.0 Å². The fourth-order valence-corrected chi connectivity index (χ4v) is 6.39. The first-order valence-electron chi connectivity index (χ1n) is 11.7. The topological polar surface area (TPSA) is 80.8 Å². The van der Waals surface area contributed by atoms with Crippen LogP contribution in [0.3, 0.4) is 0 Å². The van der Waals surface area contributed by atoms with E-state index in [2.05, 4.69) is 0 Å². The number of hydrogen-bond acceptors (Lipinski definition) is 5. The number of carbonyl (C=O) groups is 2. The number of ketones is 1. The van der Waals surface area contributed by atoms with Gasteiger partial charge in [-0.15, -0.1) is 0 Å². The molecule has 1 unspecified atom stereocenters. The van der Waals surface area contributed by atoms with Gasteiger partial charge >= 0.3 is 0 Å². The average molecular weight is 468 g/mol. The Labute approximate surface area is 194 Å². The average Bonchev–Trinajstić information content (AvgIpc) is 3.64. The number of sulfone groups is 1. The first-order chi connectivity index (χ1) is 15.8. The summed E-state index contributed by atoms with van der Waals surface area (Å²) >= 11 is 0. The van der Waals surface area contributed by atoms with Crippen LogP contribution in [-0.4, -0.2) is 56.1 Å². The van der Waals surface area contributed by atoms with Crippen LogP contribution >= 0.6 is 0 Å². The molecule has 2 heterocycles. The minimum absolute atomic E-state index is 0.0407. The normalized spacial score (nSPS) is 22.5. The molecule has 0 spiro atoms. The molecule has 1 atom stereocenters. The van der Waals surface area contributed by atoms with E-state index in [-0.39, 0.29) is 23.0 Å². The number of Topliss-reactive ketones (excluding diaryl/α,β-unsaturated/α-hetero) is 1. The summed E-state index contributed by atoms with van der Waals surface area (Å²) in [5.41, 5.74) is 1.87. The van der Waals surface area contributed by atoms with E-state index < -0.39 is 15.3 Å². The lowest BCUT2D eigenvalue weighted by atomic mass is 9.74. The summed E-state index contributed by atoms with van der Waals surface area (Å²) in [4.78, 5) is 27.9. The van der Waals surface area contributed by atoms with Crippen molar-refractivity contribution in [2.75, 3.05) is 19.7 Å². The number of piperidine rings is 1. The van der Waals surface area contributed by atoms with Gasteiger partial charge in [0.1, 0.15) is 6.10 Å². The smallest absolute Gasteiger partial charge is 0.253 e. The molecule has 5 rings (SSSR count). The standard InChI is InChI=1S/C26H29NO5S/c1-26(24(28)23-11-16-32-23)12-14-27(15-13-26)25(29)19-7-5-18(6-8-19)20-3-2-4-22(17-20)33(30,31)21-9-10-21/h2-8,17,21,23H,9-16H2,1H3. The molecule has 2 aromatic rings. The van der Waals surface area contributed by atoms with E-state index in [4.69, 9.17) is 4.74 Å². The second-order valence-corrected chi connectivity index (χ2v) is 11.9. The number of rotatable bonds is 6. The summed E-state index contributed by atoms with van der Waals surface area (Å²) in [6.07, 6.45) is 3.32. The van der Waals surface area contributed by atoms with Crippen molar-refractivity contribution in [1.29, 1.82) is 0 Å². The first kappa shape index (κ1) is 22.3. The summed E-state index contributed by atoms with van der Waals surface area (Å²) in [7, 11) is -3.24. The highest BCUT2D eigenvalue weighted by Crippen LogP contribution is 2.37. The maximum absolute atomic E-state index is 13.0. The van der Waals surface area contributed by atoms with Gasteiger partial charge in [-0.2, -0.15) is 0 Å². The van der Waals surface area contributed by atoms with Gasteiger partial charge in [-0.25, -0.2) is 8.42 Å². The Kier molecular flexibility index (Phi) is 5.65. The molecule has 0 N–H and O–H groups in total. The van der Waals surface area contributed by atoms with Crippen molar-refractivity contribution >= 4 is 21.5 Å². The fourth-order valence-electron chi connectivity index (χ4n) is 4.69. The van der Waals surface area contributed by atoms with Crippen molar-refractivity contribution < 1.29 is 22.7 Å². The van der Waals surface area contributed by atoms with Crippen LogP contribution in [-0.2, 0) is 19.4 Å². The Hall–Kier alpha value is -2.51. The van der Waals surface area contributed by atoms with E-state index in [0.717, 1.165) is 30.4 Å². The number of hydrogen-bond donors (Lipinski definition) is 0. The molecule has 3 fully saturated rings. The molecule has 2 aliphatic heterocycles. The van der Waals surface area contributed by atoms with Gasteiger partial charge in [0, 0.05) is 30.5 Å². The zero-order valence-corrected chi connectivity index (χ0v) is 19.6. The third-order valence-corrected chi connectivity index (χ3v) is 9.59. The maximum Gasteiger partial charge on any atom is 0.253 e. The summed E-state index contributed by atoms with van der Waals surface area (Å²) in [6, 6.07) is 14.3. The van der Waals surface area contributed by atoms with Gasteiger partial charge in [0.25, 0.3) is 5.91 Å². The Balaban J connectivity index is 1.26. The van der Waals surface area contributed by atoms with Gasteiger partial charge in [-0.1, -0.05) is 31.2 Å². The number of ether oxygens (including phenoxy) is 1. The molecule has 1 aliphatic carbocycles. The molecule has 2 aromatic carbocycles. The lowest BCUT2D eigenvalue weighted by Gasteiger charge is -2.41. The van der Waals surface area contributed by atoms with E-state index in [0.29, 0.717) is 43.0 Å². The minimum Gasteiger partial charge on any atom is -0.370 e. The summed E-state index contributed by atoms with van der Waals surface area (Å²) in [5, 5.41) is -0.240. The van der Waals surface area contributed by atoms with Gasteiger partial charge in [0.2, 0.25) is 0 Å². The Morgan fingerprint density at radius 3 is 2.21 bits per heavy atom. The molecular formula is C26H29NO5S. The number of carbonyl (C=O) groups excluding carboxylic acids is 2. The van der Waals surface area contributed by atoms with Crippen molar-refractivity contribution in [2.45, 2.75) is 55.3 Å². The third-order valence-electron chi connectivity index (χ3n) is 7.33. The Bertz CT molecular complexity index is 1170. The van der Waals surface area contributed by atoms with Gasteiger partial charge in [-0.05, 0) is 61.1 Å². The summed E-state index contributed by atoms with van der Waals surface area (Å²) in [6.45, 7) is 3.76. The molecule has 174 valence electrons. The maximum atomic E-state index is 13.0. The van der Waals surface area contributed by atoms with Crippen molar-refractivity contribution in [3.63, 3.8) is 0 Å². The van der Waals surface area contributed by atoms with Gasteiger partial charge in [0.15, 0.2) is 15.6 Å². The lowest BCUT2D eigenvalue weighted by Crippen LogP contribution is -2.50. The first-order valence-corrected chi connectivity index (χ1v) is 13.2. The zero-order valence-electron chi connectivity index (χ0n) is 18.8. The molecule has 7 heteroatoms. The summed E-state index contributed by atoms with van der Waals surface area (Å²) in [5.74, 6) is 0.136. The van der Waals surface area contributed by atoms with Crippen LogP contribution in [0.25, 0.3) is 11.1 Å². The van der Waals surface area contributed by atoms with Crippen molar-refractivity contribution in [3.8, 4) is 11.1 Å². The largest absolute Gasteiger partial charge is 0.370 e. The van der Waals surface area contributed by atoms with Gasteiger partial charge in [-0.3, -0.25) is 9.59 Å². The zero-order chi connectivity index (χ0) is 23.2. The monoisotopic (exact) mass is 467 g/mol. The highest BCUT2D eigenvalue weighted by Gasteiger charge is 2.43. The number of nitrogens with zero attached hydrogens (tertiary/aromatic N) is 1. The van der Waals surface area contributed by atoms with Crippen LogP contribution in [0.2, 0.25) is 0 Å². The molecule has 0 bridgehead atoms. The molecule has 1 amide bonds. The highest BCUT2D eigenvalue weighted by molar-refractivity contribution is 7.92. The quantitative estimate of drug-likeness (QED) is 0.644. The second kappa shape index (κ2) is 8.37. The molecular weight excluding hydrogens is 438 g/mol. The Morgan fingerprint density at radius 2 is 1.64 bits per heavy atom. The van der Waals surface area contributed by atoms with Crippen LogP contribution in [0.5, 0.6) is 0 Å². The molecule has 3 aliphatic rings. The third kappa shape index (κ3) is 4.24. The minimum atomic E-state index is -3.24. The van der Waals surface area contributed by atoms with Crippen LogP contribution in [0, 0.1) is 5.41 Å². The van der Waals surface area contributed by atoms with E-state index in [9.17, 15) is 18.0 Å². The highest BCUT2D eigenvalue weighted by atomic mass is 32.2. The van der Waals surface area contributed by atoms with Crippen LogP contribution in [0.1, 0.15) is 49.4 Å². The van der Waals surface area contributed by atoms with Crippen molar-refractivity contribution in [2.24, 2.45) is 5.41 Å². The lowest BCUT2D eigenvalue weighted by molar-refractivity contribution is -0.154. The molecule has 2 saturated heterocycles. The van der Waals surface area contributed by atoms with Crippen LogP contribution < -0.4 is 0 Å². The Morgan fingerprint density at radius 1 is 0.970 bits per heavy atom. The van der Waals surface area contributed by atoms with Gasteiger partial charge in [0.05, 0.1) is 16.8 Å². The van der Waals surface area contributed by atoms with E-state index >= 15 is 0 Å². The second-order valence-electron chi connectivity index (χ2n) is 9.71. The van der Waals surface area contributed by atoms with Crippen molar-refractivity contribution in [1.82, 2.24) is 4.90 Å². The fraction of sp³-hybridized carbons (Fsp3) is 0.462. The SMILES string of the molecule is CC1(C(=O)C2CCO2)CCN(C(=O)c2ccc(-c3cccc(S(=O)(=O)C4CC4)c3)cc2)CC1. The number of likely N-dealkylation sites (tertiary alicyclic amines) is 1. The van der Waals surface area contributed by atoms with Crippen LogP contribution in [0.15, 0.2) is 53.4 Å². The summed E-state index contributed by atoms with van der Waals surface area (Å²) < 4.78 is 30.5. The van der Waals surface area contributed by atoms with Gasteiger partial charge < -0.3 is 9.64 Å². The molecule has 0 radical (unpaired) electrons. The molecule has 0 aromatic heterocycles. The van der Waals surface area contributed by atoms with Crippen molar-refractivity contribution in [3.05, 3.63) is 54.1 Å². The van der Waals surface area contributed by atoms with E-state index in [1.54, 1.807) is 30.3 Å². The molecule has 1 saturated carbocycles. The molecule has 33 heavy (non-hydrogen) atoms. The predicted octanol–water partition coefficient (Wildman–Crippen LogP) is 3.89. The number of amides is 1. The number of benzene rings is 2. The van der Waals surface area contributed by atoms with E-state index in [1.165, 1.54) is 0 Å². The predicted molar refractivity (Wildman–Crippen MR) is 125 cm³/mol.